The van der Waals surface area contributed by atoms with Gasteiger partial charge in [-0.05, 0) is 12.1 Å². The summed E-state index contributed by atoms with van der Waals surface area (Å²) in [7, 11) is 1.23. The van der Waals surface area contributed by atoms with Gasteiger partial charge in [-0.3, -0.25) is 4.79 Å². The summed E-state index contributed by atoms with van der Waals surface area (Å²) in [6.45, 7) is 0. The van der Waals surface area contributed by atoms with Crippen molar-refractivity contribution in [3.05, 3.63) is 53.2 Å². The smallest absolute Gasteiger partial charge is 0.320 e. The lowest BCUT2D eigenvalue weighted by atomic mass is 10.00. The second-order valence-electron chi connectivity index (χ2n) is 4.09. The number of nitrogens with zero attached hydrogens (tertiary/aromatic N) is 1. The zero-order valence-electron chi connectivity index (χ0n) is 11.2. The molecule has 0 aliphatic heterocycles. The van der Waals surface area contributed by atoms with Gasteiger partial charge in [0.05, 0.1) is 12.1 Å². The van der Waals surface area contributed by atoms with E-state index in [9.17, 15) is 9.59 Å². The van der Waals surface area contributed by atoms with Gasteiger partial charge < -0.3 is 14.3 Å². The Kier molecular flexibility index (Phi) is 4.90. The number of para-hydroxylation sites is 1. The molecule has 0 spiro atoms. The van der Waals surface area contributed by atoms with Gasteiger partial charge in [-0.1, -0.05) is 29.8 Å². The molecule has 0 amide bonds. The van der Waals surface area contributed by atoms with E-state index in [2.05, 4.69) is 9.72 Å². The summed E-state index contributed by atoms with van der Waals surface area (Å²) >= 11 is 5.75. The van der Waals surface area contributed by atoms with Crippen LogP contribution < -0.4 is 4.74 Å². The van der Waals surface area contributed by atoms with Crippen LogP contribution in [-0.4, -0.2) is 24.3 Å². The van der Waals surface area contributed by atoms with Crippen molar-refractivity contribution in [2.75, 3.05) is 7.11 Å². The van der Waals surface area contributed by atoms with Crippen molar-refractivity contribution >= 4 is 23.9 Å². The van der Waals surface area contributed by atoms with Crippen LogP contribution in [0.5, 0.6) is 11.6 Å². The summed E-state index contributed by atoms with van der Waals surface area (Å²) < 4.78 is 10.2. The average Bonchev–Trinajstić information content (AvgIpc) is 2.51. The van der Waals surface area contributed by atoms with Crippen LogP contribution >= 0.6 is 11.6 Å². The van der Waals surface area contributed by atoms with E-state index in [0.29, 0.717) is 28.5 Å². The summed E-state index contributed by atoms with van der Waals surface area (Å²) in [5.74, 6) is -1.03. The summed E-state index contributed by atoms with van der Waals surface area (Å²) in [5, 5.41) is 0.482. The summed E-state index contributed by atoms with van der Waals surface area (Å²) in [6.07, 6.45) is 1.96. The molecule has 1 heterocycles. The standard InChI is InChI=1S/C15H12ClNO4/c1-20-15(19)12(9-18)11-4-2-3-5-13(11)21-14-7-6-10(16)8-17-14/h2-9,12H,1H3. The minimum atomic E-state index is -1.04. The van der Waals surface area contributed by atoms with Crippen LogP contribution in [0.3, 0.4) is 0 Å². The molecule has 1 unspecified atom stereocenters. The molecule has 108 valence electrons. The van der Waals surface area contributed by atoms with Gasteiger partial charge in [-0.15, -0.1) is 0 Å². The van der Waals surface area contributed by atoms with Gasteiger partial charge in [-0.2, -0.15) is 0 Å². The van der Waals surface area contributed by atoms with Crippen LogP contribution in [0.4, 0.5) is 0 Å². The number of methoxy groups -OCH3 is 1. The molecule has 0 saturated heterocycles. The quantitative estimate of drug-likeness (QED) is 0.482. The van der Waals surface area contributed by atoms with Gasteiger partial charge in [0.2, 0.25) is 5.88 Å². The van der Waals surface area contributed by atoms with E-state index in [0.717, 1.165) is 0 Å². The number of carbonyl (C=O) groups is 2. The maximum atomic E-state index is 11.7. The first-order valence-electron chi connectivity index (χ1n) is 6.07. The summed E-state index contributed by atoms with van der Waals surface area (Å²) in [6, 6.07) is 9.92. The molecule has 1 atom stereocenters. The Morgan fingerprint density at radius 1 is 1.29 bits per heavy atom. The average molecular weight is 306 g/mol. The van der Waals surface area contributed by atoms with Crippen LogP contribution in [0.2, 0.25) is 5.02 Å². The number of hydrogen-bond acceptors (Lipinski definition) is 5. The molecule has 6 heteroatoms. The normalized spacial score (nSPS) is 11.5. The minimum absolute atomic E-state index is 0.307. The molecule has 0 radical (unpaired) electrons. The van der Waals surface area contributed by atoms with E-state index in [1.807, 2.05) is 0 Å². The molecular weight excluding hydrogens is 294 g/mol. The minimum Gasteiger partial charge on any atom is -0.468 e. The fourth-order valence-corrected chi connectivity index (χ4v) is 1.86. The van der Waals surface area contributed by atoms with Crippen molar-refractivity contribution in [1.29, 1.82) is 0 Å². The first-order chi connectivity index (χ1) is 10.2. The lowest BCUT2D eigenvalue weighted by molar-refractivity contribution is -0.143. The first kappa shape index (κ1) is 15.0. The number of carbonyl (C=O) groups excluding carboxylic acids is 2. The Hall–Kier alpha value is -2.40. The fourth-order valence-electron chi connectivity index (χ4n) is 1.75. The maximum Gasteiger partial charge on any atom is 0.320 e. The zero-order chi connectivity index (χ0) is 15.2. The third kappa shape index (κ3) is 3.58. The monoisotopic (exact) mass is 305 g/mol. The van der Waals surface area contributed by atoms with E-state index in [-0.39, 0.29) is 0 Å². The molecule has 5 nitrogen and oxygen atoms in total. The molecule has 0 bridgehead atoms. The molecule has 0 fully saturated rings. The van der Waals surface area contributed by atoms with Crippen LogP contribution in [-0.2, 0) is 14.3 Å². The predicted octanol–water partition coefficient (Wildman–Crippen LogP) is 2.98. The van der Waals surface area contributed by atoms with Crippen molar-refractivity contribution in [3.63, 3.8) is 0 Å². The van der Waals surface area contributed by atoms with Crippen molar-refractivity contribution in [2.45, 2.75) is 5.92 Å². The van der Waals surface area contributed by atoms with Gasteiger partial charge in [0.25, 0.3) is 0 Å². The summed E-state index contributed by atoms with van der Waals surface area (Å²) in [4.78, 5) is 26.8. The zero-order valence-corrected chi connectivity index (χ0v) is 11.9. The fraction of sp³-hybridized carbons (Fsp3) is 0.133. The van der Waals surface area contributed by atoms with E-state index >= 15 is 0 Å². The highest BCUT2D eigenvalue weighted by Gasteiger charge is 2.24. The number of ether oxygens (including phenoxy) is 2. The van der Waals surface area contributed by atoms with Crippen LogP contribution in [0, 0.1) is 0 Å². The second kappa shape index (κ2) is 6.85. The van der Waals surface area contributed by atoms with E-state index in [4.69, 9.17) is 16.3 Å². The Balaban J connectivity index is 2.34. The largest absolute Gasteiger partial charge is 0.468 e. The topological polar surface area (TPSA) is 65.5 Å². The van der Waals surface area contributed by atoms with Gasteiger partial charge >= 0.3 is 5.97 Å². The molecular formula is C15H12ClNO4. The van der Waals surface area contributed by atoms with Crippen LogP contribution in [0.1, 0.15) is 11.5 Å². The summed E-state index contributed by atoms with van der Waals surface area (Å²) in [5.41, 5.74) is 0.413. The number of hydrogen-bond donors (Lipinski definition) is 0. The van der Waals surface area contributed by atoms with Crippen molar-refractivity contribution in [3.8, 4) is 11.6 Å². The van der Waals surface area contributed by atoms with Crippen LogP contribution in [0.15, 0.2) is 42.6 Å². The molecule has 1 aromatic carbocycles. The predicted molar refractivity (Wildman–Crippen MR) is 76.6 cm³/mol. The highest BCUT2D eigenvalue weighted by Crippen LogP contribution is 2.30. The Bertz CT molecular complexity index is 642. The second-order valence-corrected chi connectivity index (χ2v) is 4.53. The van der Waals surface area contributed by atoms with Crippen molar-refractivity contribution < 1.29 is 19.1 Å². The molecule has 1 aromatic heterocycles. The maximum absolute atomic E-state index is 11.7. The molecule has 0 saturated carbocycles. The van der Waals surface area contributed by atoms with Gasteiger partial charge in [-0.25, -0.2) is 4.98 Å². The van der Waals surface area contributed by atoms with E-state index in [1.54, 1.807) is 36.4 Å². The number of rotatable bonds is 5. The van der Waals surface area contributed by atoms with Crippen LogP contribution in [0.25, 0.3) is 0 Å². The Labute approximate surface area is 126 Å². The third-order valence-electron chi connectivity index (χ3n) is 2.76. The molecule has 0 N–H and O–H groups in total. The van der Waals surface area contributed by atoms with Gasteiger partial charge in [0.1, 0.15) is 18.0 Å². The molecule has 0 aliphatic carbocycles. The Morgan fingerprint density at radius 3 is 2.67 bits per heavy atom. The third-order valence-corrected chi connectivity index (χ3v) is 2.98. The van der Waals surface area contributed by atoms with Gasteiger partial charge in [0.15, 0.2) is 0 Å². The van der Waals surface area contributed by atoms with Crippen molar-refractivity contribution in [2.24, 2.45) is 0 Å². The lowest BCUT2D eigenvalue weighted by Gasteiger charge is -2.13. The van der Waals surface area contributed by atoms with Crippen molar-refractivity contribution in [1.82, 2.24) is 4.98 Å². The highest BCUT2D eigenvalue weighted by atomic mass is 35.5. The number of aromatic nitrogens is 1. The van der Waals surface area contributed by atoms with E-state index < -0.39 is 11.9 Å². The Morgan fingerprint density at radius 2 is 2.05 bits per heavy atom. The molecule has 0 aliphatic rings. The van der Waals surface area contributed by atoms with E-state index in [1.165, 1.54) is 13.3 Å². The number of esters is 1. The number of aldehydes is 1. The lowest BCUT2D eigenvalue weighted by Crippen LogP contribution is -2.16. The molecule has 2 aromatic rings. The molecule has 2 rings (SSSR count). The SMILES string of the molecule is COC(=O)C(C=O)c1ccccc1Oc1ccc(Cl)cn1. The van der Waals surface area contributed by atoms with Gasteiger partial charge in [0, 0.05) is 17.8 Å². The number of benzene rings is 1. The number of halogens is 1. The highest BCUT2D eigenvalue weighted by molar-refractivity contribution is 6.30. The number of pyridine rings is 1. The molecule has 21 heavy (non-hydrogen) atoms. The first-order valence-corrected chi connectivity index (χ1v) is 6.45.